The second-order valence-corrected chi connectivity index (χ2v) is 5.05. The molecule has 1 heterocycles. The van der Waals surface area contributed by atoms with Crippen LogP contribution in [0, 0.1) is 0 Å². The Hall–Kier alpha value is -1.81. The molecule has 5 heteroatoms. The van der Waals surface area contributed by atoms with E-state index in [0.29, 0.717) is 5.28 Å². The molecule has 0 aliphatic heterocycles. The molecule has 1 aromatic carbocycles. The number of amides is 1. The van der Waals surface area contributed by atoms with E-state index in [1.807, 2.05) is 19.1 Å². The molecule has 4 nitrogen and oxygen atoms in total. The highest BCUT2D eigenvalue weighted by molar-refractivity contribution is 6.28. The van der Waals surface area contributed by atoms with Crippen molar-refractivity contribution in [2.45, 2.75) is 32.9 Å². The van der Waals surface area contributed by atoms with E-state index in [2.05, 4.69) is 29.4 Å². The minimum atomic E-state index is -0.0861. The maximum Gasteiger partial charge on any atom is 0.240 e. The van der Waals surface area contributed by atoms with Crippen LogP contribution >= 0.6 is 11.6 Å². The van der Waals surface area contributed by atoms with Crippen molar-refractivity contribution in [3.05, 3.63) is 53.1 Å². The molecular weight excluding hydrogens is 274 g/mol. The fourth-order valence-electron chi connectivity index (χ4n) is 2.00. The Morgan fingerprint density at radius 1 is 1.40 bits per heavy atom. The van der Waals surface area contributed by atoms with Crippen molar-refractivity contribution in [3.63, 3.8) is 0 Å². The summed E-state index contributed by atoms with van der Waals surface area (Å²) in [5.41, 5.74) is 2.38. The summed E-state index contributed by atoms with van der Waals surface area (Å²) >= 11 is 5.84. The summed E-state index contributed by atoms with van der Waals surface area (Å²) in [5.74, 6) is -0.0861. The predicted molar refractivity (Wildman–Crippen MR) is 79.6 cm³/mol. The van der Waals surface area contributed by atoms with E-state index >= 15 is 0 Å². The van der Waals surface area contributed by atoms with E-state index in [4.69, 9.17) is 11.6 Å². The van der Waals surface area contributed by atoms with Gasteiger partial charge in [-0.05, 0) is 36.1 Å². The lowest BCUT2D eigenvalue weighted by atomic mass is 10.1. The van der Waals surface area contributed by atoms with Crippen LogP contribution in [0.25, 0.3) is 0 Å². The van der Waals surface area contributed by atoms with Crippen LogP contribution in [0.4, 0.5) is 0 Å². The largest absolute Gasteiger partial charge is 0.348 e. The van der Waals surface area contributed by atoms with Crippen LogP contribution in [0.15, 0.2) is 36.7 Å². The van der Waals surface area contributed by atoms with Crippen molar-refractivity contribution < 1.29 is 4.79 Å². The number of imidazole rings is 1. The normalized spacial score (nSPS) is 12.2. The number of aromatic nitrogens is 2. The molecule has 0 bridgehead atoms. The predicted octanol–water partition coefficient (Wildman–Crippen LogP) is 2.98. The molecule has 1 aromatic heterocycles. The zero-order valence-corrected chi connectivity index (χ0v) is 12.4. The third-order valence-electron chi connectivity index (χ3n) is 3.24. The molecule has 1 unspecified atom stereocenters. The summed E-state index contributed by atoms with van der Waals surface area (Å²) < 4.78 is 1.60. The van der Waals surface area contributed by atoms with Gasteiger partial charge in [-0.1, -0.05) is 31.2 Å². The van der Waals surface area contributed by atoms with E-state index in [1.54, 1.807) is 17.0 Å². The number of carbonyl (C=O) groups is 1. The van der Waals surface area contributed by atoms with Crippen LogP contribution in [0.1, 0.15) is 31.0 Å². The SMILES string of the molecule is CCc1ccc(C(C)NC(=O)Cn2ccnc2Cl)cc1. The summed E-state index contributed by atoms with van der Waals surface area (Å²) in [5, 5.41) is 3.27. The van der Waals surface area contributed by atoms with Gasteiger partial charge in [-0.2, -0.15) is 0 Å². The van der Waals surface area contributed by atoms with Crippen LogP contribution in [0.3, 0.4) is 0 Å². The van der Waals surface area contributed by atoms with Crippen molar-refractivity contribution in [2.75, 3.05) is 0 Å². The average molecular weight is 292 g/mol. The first-order chi connectivity index (χ1) is 9.60. The molecule has 0 saturated carbocycles. The average Bonchev–Trinajstić information content (AvgIpc) is 2.84. The summed E-state index contributed by atoms with van der Waals surface area (Å²) in [6.45, 7) is 4.26. The Morgan fingerprint density at radius 2 is 2.10 bits per heavy atom. The first-order valence-electron chi connectivity index (χ1n) is 6.65. The van der Waals surface area contributed by atoms with E-state index in [1.165, 1.54) is 5.56 Å². The number of nitrogens with one attached hydrogen (secondary N) is 1. The minimum Gasteiger partial charge on any atom is -0.348 e. The van der Waals surface area contributed by atoms with Crippen molar-refractivity contribution in [1.82, 2.24) is 14.9 Å². The lowest BCUT2D eigenvalue weighted by molar-refractivity contribution is -0.122. The Labute approximate surface area is 123 Å². The fraction of sp³-hybridized carbons (Fsp3) is 0.333. The number of rotatable bonds is 5. The third kappa shape index (κ3) is 3.61. The van der Waals surface area contributed by atoms with E-state index in [-0.39, 0.29) is 18.5 Å². The van der Waals surface area contributed by atoms with Gasteiger partial charge < -0.3 is 9.88 Å². The number of benzene rings is 1. The number of aryl methyl sites for hydroxylation is 1. The summed E-state index contributed by atoms with van der Waals surface area (Å²) in [4.78, 5) is 15.8. The van der Waals surface area contributed by atoms with E-state index in [0.717, 1.165) is 12.0 Å². The molecule has 0 aliphatic carbocycles. The van der Waals surface area contributed by atoms with Gasteiger partial charge >= 0.3 is 0 Å². The number of hydrogen-bond donors (Lipinski definition) is 1. The summed E-state index contributed by atoms with van der Waals surface area (Å²) in [6, 6.07) is 8.24. The van der Waals surface area contributed by atoms with Gasteiger partial charge in [0.05, 0.1) is 6.04 Å². The number of halogens is 1. The van der Waals surface area contributed by atoms with Gasteiger partial charge in [-0.15, -0.1) is 0 Å². The standard InChI is InChI=1S/C15H18ClN3O/c1-3-12-4-6-13(7-5-12)11(2)18-14(20)10-19-9-8-17-15(19)16/h4-9,11H,3,10H2,1-2H3,(H,18,20). The van der Waals surface area contributed by atoms with Gasteiger partial charge in [0.1, 0.15) is 6.54 Å². The Bertz CT molecular complexity index is 577. The molecule has 0 spiro atoms. The van der Waals surface area contributed by atoms with Crippen molar-refractivity contribution >= 4 is 17.5 Å². The fourth-order valence-corrected chi connectivity index (χ4v) is 2.17. The maximum atomic E-state index is 12.0. The Morgan fingerprint density at radius 3 is 2.65 bits per heavy atom. The molecule has 1 amide bonds. The quantitative estimate of drug-likeness (QED) is 0.920. The third-order valence-corrected chi connectivity index (χ3v) is 3.56. The molecule has 0 radical (unpaired) electrons. The van der Waals surface area contributed by atoms with E-state index < -0.39 is 0 Å². The van der Waals surface area contributed by atoms with Crippen molar-refractivity contribution in [1.29, 1.82) is 0 Å². The summed E-state index contributed by atoms with van der Waals surface area (Å²) in [6.07, 6.45) is 4.27. The van der Waals surface area contributed by atoms with Gasteiger partial charge in [-0.3, -0.25) is 4.79 Å². The van der Waals surface area contributed by atoms with Gasteiger partial charge in [0, 0.05) is 12.4 Å². The highest BCUT2D eigenvalue weighted by Crippen LogP contribution is 2.14. The first-order valence-corrected chi connectivity index (χ1v) is 7.02. The molecule has 0 aliphatic rings. The van der Waals surface area contributed by atoms with Crippen molar-refractivity contribution in [3.8, 4) is 0 Å². The van der Waals surface area contributed by atoms with Crippen LogP contribution < -0.4 is 5.32 Å². The van der Waals surface area contributed by atoms with Crippen LogP contribution in [0.2, 0.25) is 5.28 Å². The van der Waals surface area contributed by atoms with Gasteiger partial charge in [0.25, 0.3) is 0 Å². The number of hydrogen-bond acceptors (Lipinski definition) is 2. The molecule has 2 aromatic rings. The zero-order chi connectivity index (χ0) is 14.5. The molecular formula is C15H18ClN3O. The van der Waals surface area contributed by atoms with Gasteiger partial charge in [-0.25, -0.2) is 4.98 Å². The molecule has 2 rings (SSSR count). The van der Waals surface area contributed by atoms with Crippen molar-refractivity contribution in [2.24, 2.45) is 0 Å². The van der Waals surface area contributed by atoms with Gasteiger partial charge in [0.2, 0.25) is 11.2 Å². The zero-order valence-electron chi connectivity index (χ0n) is 11.6. The molecule has 0 saturated heterocycles. The Kier molecular flexibility index (Phi) is 4.79. The second kappa shape index (κ2) is 6.57. The highest BCUT2D eigenvalue weighted by atomic mass is 35.5. The second-order valence-electron chi connectivity index (χ2n) is 4.71. The molecule has 1 N–H and O–H groups in total. The lowest BCUT2D eigenvalue weighted by Crippen LogP contribution is -2.30. The van der Waals surface area contributed by atoms with Crippen LogP contribution in [-0.2, 0) is 17.8 Å². The maximum absolute atomic E-state index is 12.0. The van der Waals surface area contributed by atoms with Gasteiger partial charge in [0.15, 0.2) is 0 Å². The number of carbonyl (C=O) groups excluding carboxylic acids is 1. The molecule has 20 heavy (non-hydrogen) atoms. The first kappa shape index (κ1) is 14.6. The lowest BCUT2D eigenvalue weighted by Gasteiger charge is -2.15. The topological polar surface area (TPSA) is 46.9 Å². The van der Waals surface area contributed by atoms with Crippen LogP contribution in [0.5, 0.6) is 0 Å². The number of nitrogens with zero attached hydrogens (tertiary/aromatic N) is 2. The highest BCUT2D eigenvalue weighted by Gasteiger charge is 2.11. The van der Waals surface area contributed by atoms with Crippen LogP contribution in [-0.4, -0.2) is 15.5 Å². The summed E-state index contributed by atoms with van der Waals surface area (Å²) in [7, 11) is 0. The molecule has 1 atom stereocenters. The van der Waals surface area contributed by atoms with E-state index in [9.17, 15) is 4.79 Å². The molecule has 0 fully saturated rings. The smallest absolute Gasteiger partial charge is 0.240 e. The monoisotopic (exact) mass is 291 g/mol. The molecule has 106 valence electrons. The minimum absolute atomic E-state index is 0.0318. The Balaban J connectivity index is 1.94.